The van der Waals surface area contributed by atoms with Gasteiger partial charge in [0.1, 0.15) is 0 Å². The van der Waals surface area contributed by atoms with Gasteiger partial charge in [-0.2, -0.15) is 11.8 Å². The number of thioether (sulfide) groups is 1. The Balaban J connectivity index is 1.77. The van der Waals surface area contributed by atoms with E-state index in [1.54, 1.807) is 11.3 Å². The number of unbranched alkanes of at least 4 members (excludes halogenated alkanes) is 2. The van der Waals surface area contributed by atoms with Crippen LogP contribution in [-0.4, -0.2) is 18.6 Å². The molecule has 0 spiro atoms. The molecular weight excluding hydrogens is 294 g/mol. The summed E-state index contributed by atoms with van der Waals surface area (Å²) in [6, 6.07) is 8.35. The second-order valence-corrected chi connectivity index (χ2v) is 7.07. The van der Waals surface area contributed by atoms with Gasteiger partial charge in [-0.1, -0.05) is 36.2 Å². The predicted molar refractivity (Wildman–Crippen MR) is 90.8 cm³/mol. The molecule has 1 heterocycles. The Hall–Kier alpha value is -0.220. The third kappa shape index (κ3) is 4.38. The number of hydrogen-bond donors (Lipinski definition) is 1. The smallest absolute Gasteiger partial charge is 0.0636 e. The van der Waals surface area contributed by atoms with E-state index in [-0.39, 0.29) is 0 Å². The summed E-state index contributed by atoms with van der Waals surface area (Å²) in [5.74, 6) is 1.28. The number of fused-ring (bicyclic) bond motifs is 1. The van der Waals surface area contributed by atoms with E-state index < -0.39 is 0 Å². The maximum Gasteiger partial charge on any atom is 0.0636 e. The van der Waals surface area contributed by atoms with Gasteiger partial charge in [-0.25, -0.2) is 0 Å². The third-order valence-electron chi connectivity index (χ3n) is 3.09. The van der Waals surface area contributed by atoms with E-state index in [1.807, 2.05) is 17.8 Å². The molecule has 1 nitrogen and oxygen atoms in total. The monoisotopic (exact) mass is 313 g/mol. The summed E-state index contributed by atoms with van der Waals surface area (Å²) < 4.78 is 1.28. The molecule has 0 amide bonds. The van der Waals surface area contributed by atoms with E-state index in [2.05, 4.69) is 29.8 Å². The second kappa shape index (κ2) is 8.15. The number of nitrogens with one attached hydrogen (secondary N) is 1. The van der Waals surface area contributed by atoms with Crippen LogP contribution in [0.4, 0.5) is 0 Å². The molecule has 1 aromatic carbocycles. The third-order valence-corrected chi connectivity index (χ3v) is 5.50. The van der Waals surface area contributed by atoms with Gasteiger partial charge in [-0.3, -0.25) is 0 Å². The lowest BCUT2D eigenvalue weighted by atomic mass is 10.2. The van der Waals surface area contributed by atoms with Crippen molar-refractivity contribution < 1.29 is 0 Å². The Morgan fingerprint density at radius 3 is 2.84 bits per heavy atom. The molecule has 1 N–H and O–H groups in total. The fraction of sp³-hybridized carbons (Fsp3) is 0.467. The molecule has 0 unspecified atom stereocenters. The van der Waals surface area contributed by atoms with Crippen molar-refractivity contribution in [2.24, 2.45) is 0 Å². The number of benzene rings is 1. The van der Waals surface area contributed by atoms with E-state index in [9.17, 15) is 0 Å². The normalized spacial score (nSPS) is 11.3. The van der Waals surface area contributed by atoms with Gasteiger partial charge < -0.3 is 5.32 Å². The zero-order valence-corrected chi connectivity index (χ0v) is 13.6. The Bertz CT molecular complexity index is 510. The predicted octanol–water partition coefficient (Wildman–Crippen LogP) is 5.18. The first-order chi connectivity index (χ1) is 9.33. The molecule has 0 radical (unpaired) electrons. The van der Waals surface area contributed by atoms with Gasteiger partial charge in [0.05, 0.1) is 5.02 Å². The van der Waals surface area contributed by atoms with Gasteiger partial charge in [-0.15, -0.1) is 11.3 Å². The van der Waals surface area contributed by atoms with Crippen LogP contribution in [0.5, 0.6) is 0 Å². The highest BCUT2D eigenvalue weighted by Gasteiger charge is 2.08. The molecule has 4 heteroatoms. The average Bonchev–Trinajstić information content (AvgIpc) is 2.75. The number of thiophene rings is 1. The molecule has 1 aromatic heterocycles. The van der Waals surface area contributed by atoms with Crippen molar-refractivity contribution in [2.75, 3.05) is 18.6 Å². The van der Waals surface area contributed by atoms with Crippen LogP contribution in [0, 0.1) is 0 Å². The van der Waals surface area contributed by atoms with Crippen LogP contribution in [0.25, 0.3) is 10.1 Å². The minimum absolute atomic E-state index is 0.890. The molecule has 0 bridgehead atoms. The van der Waals surface area contributed by atoms with E-state index in [1.165, 1.54) is 40.0 Å². The van der Waals surface area contributed by atoms with Crippen molar-refractivity contribution in [3.8, 4) is 0 Å². The van der Waals surface area contributed by atoms with Crippen molar-refractivity contribution in [2.45, 2.75) is 25.8 Å². The highest BCUT2D eigenvalue weighted by atomic mass is 35.5. The van der Waals surface area contributed by atoms with Gasteiger partial charge in [0.15, 0.2) is 0 Å². The average molecular weight is 314 g/mol. The molecule has 0 saturated heterocycles. The first-order valence-electron chi connectivity index (χ1n) is 6.68. The summed E-state index contributed by atoms with van der Waals surface area (Å²) in [5.41, 5.74) is 0. The molecule has 0 saturated carbocycles. The molecule has 104 valence electrons. The Morgan fingerprint density at radius 2 is 2.05 bits per heavy atom. The molecule has 2 rings (SSSR count). The SMILES string of the molecule is CSCCCCCNCc1sc2ccccc2c1Cl. The summed E-state index contributed by atoms with van der Waals surface area (Å²) in [7, 11) is 0. The standard InChI is InChI=1S/C15H20ClNS2/c1-18-10-6-2-5-9-17-11-14-15(16)12-7-3-4-8-13(12)19-14/h3-4,7-8,17H,2,5-6,9-11H2,1H3. The number of halogens is 1. The highest BCUT2D eigenvalue weighted by Crippen LogP contribution is 2.34. The van der Waals surface area contributed by atoms with Gasteiger partial charge in [0, 0.05) is 21.5 Å². The molecule has 0 aliphatic heterocycles. The lowest BCUT2D eigenvalue weighted by molar-refractivity contribution is 0.622. The van der Waals surface area contributed by atoms with Crippen LogP contribution in [0.15, 0.2) is 24.3 Å². The van der Waals surface area contributed by atoms with Crippen molar-refractivity contribution in [3.63, 3.8) is 0 Å². The van der Waals surface area contributed by atoms with Gasteiger partial charge in [0.25, 0.3) is 0 Å². The van der Waals surface area contributed by atoms with Gasteiger partial charge in [0.2, 0.25) is 0 Å². The lowest BCUT2D eigenvalue weighted by Gasteiger charge is -2.03. The highest BCUT2D eigenvalue weighted by molar-refractivity contribution is 7.98. The van der Waals surface area contributed by atoms with Crippen LogP contribution in [0.3, 0.4) is 0 Å². The summed E-state index contributed by atoms with van der Waals surface area (Å²) >= 11 is 10.1. The zero-order chi connectivity index (χ0) is 13.5. The first-order valence-corrected chi connectivity index (χ1v) is 9.27. The minimum atomic E-state index is 0.890. The topological polar surface area (TPSA) is 12.0 Å². The maximum atomic E-state index is 6.41. The van der Waals surface area contributed by atoms with Crippen molar-refractivity contribution in [3.05, 3.63) is 34.2 Å². The van der Waals surface area contributed by atoms with Crippen molar-refractivity contribution >= 4 is 44.8 Å². The van der Waals surface area contributed by atoms with Crippen LogP contribution in [0.1, 0.15) is 24.1 Å². The second-order valence-electron chi connectivity index (χ2n) is 4.57. The molecule has 0 atom stereocenters. The van der Waals surface area contributed by atoms with E-state index >= 15 is 0 Å². The van der Waals surface area contributed by atoms with E-state index in [0.717, 1.165) is 18.1 Å². The van der Waals surface area contributed by atoms with Crippen molar-refractivity contribution in [1.82, 2.24) is 5.32 Å². The molecule has 0 fully saturated rings. The number of hydrogen-bond acceptors (Lipinski definition) is 3. The Kier molecular flexibility index (Phi) is 6.51. The minimum Gasteiger partial charge on any atom is -0.312 e. The summed E-state index contributed by atoms with van der Waals surface area (Å²) in [6.45, 7) is 1.97. The molecule has 0 aliphatic carbocycles. The molecule has 0 aliphatic rings. The van der Waals surface area contributed by atoms with Crippen LogP contribution in [-0.2, 0) is 6.54 Å². The fourth-order valence-electron chi connectivity index (χ4n) is 2.05. The zero-order valence-electron chi connectivity index (χ0n) is 11.2. The van der Waals surface area contributed by atoms with Gasteiger partial charge >= 0.3 is 0 Å². The summed E-state index contributed by atoms with van der Waals surface area (Å²) in [4.78, 5) is 1.26. The van der Waals surface area contributed by atoms with Gasteiger partial charge in [-0.05, 0) is 37.5 Å². The summed E-state index contributed by atoms with van der Waals surface area (Å²) in [5, 5.41) is 5.61. The maximum absolute atomic E-state index is 6.41. The lowest BCUT2D eigenvalue weighted by Crippen LogP contribution is -2.14. The Labute approximate surface area is 128 Å². The van der Waals surface area contributed by atoms with Crippen LogP contribution < -0.4 is 5.32 Å². The van der Waals surface area contributed by atoms with Crippen molar-refractivity contribution in [1.29, 1.82) is 0 Å². The quantitative estimate of drug-likeness (QED) is 0.674. The van der Waals surface area contributed by atoms with E-state index in [4.69, 9.17) is 11.6 Å². The first kappa shape index (κ1) is 15.2. The number of rotatable bonds is 8. The molecule has 2 aromatic rings. The van der Waals surface area contributed by atoms with Crippen LogP contribution >= 0.6 is 34.7 Å². The Morgan fingerprint density at radius 1 is 1.21 bits per heavy atom. The largest absolute Gasteiger partial charge is 0.312 e. The summed E-state index contributed by atoms with van der Waals surface area (Å²) in [6.07, 6.45) is 6.06. The fourth-order valence-corrected chi connectivity index (χ4v) is 4.02. The van der Waals surface area contributed by atoms with E-state index in [0.29, 0.717) is 0 Å². The molecule has 19 heavy (non-hydrogen) atoms. The van der Waals surface area contributed by atoms with Crippen LogP contribution in [0.2, 0.25) is 5.02 Å². The molecular formula is C15H20ClNS2.